The van der Waals surface area contributed by atoms with Gasteiger partial charge in [0.1, 0.15) is 0 Å². The van der Waals surface area contributed by atoms with Crippen LogP contribution in [0.15, 0.2) is 0 Å². The quantitative estimate of drug-likeness (QED) is 0.671. The number of unbranched alkanes of at least 4 members (excludes halogenated alkanes) is 2. The second kappa shape index (κ2) is 7.00. The largest absolute Gasteiger partial charge is 0.354 e. The molecule has 0 radical (unpaired) electrons. The van der Waals surface area contributed by atoms with Crippen LogP contribution < -0.4 is 10.6 Å². The highest BCUT2D eigenvalue weighted by molar-refractivity contribution is 5.82. The first kappa shape index (κ1) is 14.5. The van der Waals surface area contributed by atoms with E-state index in [-0.39, 0.29) is 17.4 Å². The fraction of sp³-hybridized carbons (Fsp3) is 0.929. The Morgan fingerprint density at radius 3 is 2.76 bits per heavy atom. The zero-order valence-electron chi connectivity index (χ0n) is 11.6. The number of carbonyl (C=O) groups is 1. The summed E-state index contributed by atoms with van der Waals surface area (Å²) >= 11 is 0. The Bertz CT molecular complexity index is 232. The third kappa shape index (κ3) is 5.53. The van der Waals surface area contributed by atoms with E-state index in [0.29, 0.717) is 0 Å². The molecule has 1 amide bonds. The molecule has 2 N–H and O–H groups in total. The van der Waals surface area contributed by atoms with Crippen LogP contribution in [-0.4, -0.2) is 25.0 Å². The molecule has 3 nitrogen and oxygen atoms in total. The average Bonchev–Trinajstić information content (AvgIpc) is 2.80. The molecule has 1 fully saturated rings. The molecule has 3 heteroatoms. The molecule has 1 aliphatic heterocycles. The van der Waals surface area contributed by atoms with Gasteiger partial charge < -0.3 is 10.6 Å². The maximum absolute atomic E-state index is 11.8. The third-order valence-electron chi connectivity index (χ3n) is 3.58. The van der Waals surface area contributed by atoms with Gasteiger partial charge in [-0.05, 0) is 31.2 Å². The Morgan fingerprint density at radius 1 is 1.41 bits per heavy atom. The lowest BCUT2D eigenvalue weighted by molar-refractivity contribution is -0.123. The topological polar surface area (TPSA) is 41.1 Å². The predicted molar refractivity (Wildman–Crippen MR) is 72.0 cm³/mol. The molecule has 1 saturated heterocycles. The summed E-state index contributed by atoms with van der Waals surface area (Å²) in [6.07, 6.45) is 7.12. The molecule has 0 unspecified atom stereocenters. The van der Waals surface area contributed by atoms with E-state index in [1.807, 2.05) is 0 Å². The van der Waals surface area contributed by atoms with Crippen molar-refractivity contribution >= 4 is 5.91 Å². The number of carbonyl (C=O) groups excluding carboxylic acids is 1. The van der Waals surface area contributed by atoms with Crippen LogP contribution >= 0.6 is 0 Å². The van der Waals surface area contributed by atoms with Gasteiger partial charge in [0, 0.05) is 6.54 Å². The standard InChI is InChI=1S/C14H28N2O/c1-4-5-6-9-14(2,3)11-16-13(17)12-8-7-10-15-12/h12,15H,4-11H2,1-3H3,(H,16,17)/t12-/m1/s1. The van der Waals surface area contributed by atoms with Gasteiger partial charge in [-0.25, -0.2) is 0 Å². The van der Waals surface area contributed by atoms with Gasteiger partial charge in [-0.3, -0.25) is 4.79 Å². The minimum absolute atomic E-state index is 0.0569. The molecule has 0 saturated carbocycles. The summed E-state index contributed by atoms with van der Waals surface area (Å²) in [5.74, 6) is 0.186. The summed E-state index contributed by atoms with van der Waals surface area (Å²) in [5.41, 5.74) is 0.226. The highest BCUT2D eigenvalue weighted by Crippen LogP contribution is 2.22. The molecule has 0 aromatic rings. The Labute approximate surface area is 106 Å². The molecule has 0 aromatic carbocycles. The maximum Gasteiger partial charge on any atom is 0.237 e. The molecule has 0 bridgehead atoms. The molecule has 17 heavy (non-hydrogen) atoms. The summed E-state index contributed by atoms with van der Waals surface area (Å²) in [6, 6.07) is 0.0569. The second-order valence-corrected chi connectivity index (χ2v) is 5.99. The number of hydrogen-bond donors (Lipinski definition) is 2. The Hall–Kier alpha value is -0.570. The molecular formula is C14H28N2O. The van der Waals surface area contributed by atoms with Crippen LogP contribution in [0.1, 0.15) is 59.3 Å². The van der Waals surface area contributed by atoms with Crippen molar-refractivity contribution in [3.8, 4) is 0 Å². The smallest absolute Gasteiger partial charge is 0.237 e. The van der Waals surface area contributed by atoms with Crippen molar-refractivity contribution in [2.45, 2.75) is 65.3 Å². The molecule has 0 aliphatic carbocycles. The Kier molecular flexibility index (Phi) is 5.96. The molecule has 1 atom stereocenters. The van der Waals surface area contributed by atoms with Crippen LogP contribution in [0.3, 0.4) is 0 Å². The summed E-state index contributed by atoms with van der Waals surface area (Å²) in [7, 11) is 0. The normalized spacial score (nSPS) is 20.5. The van der Waals surface area contributed by atoms with Crippen molar-refractivity contribution in [1.29, 1.82) is 0 Å². The zero-order valence-corrected chi connectivity index (χ0v) is 11.6. The lowest BCUT2D eigenvalue weighted by Crippen LogP contribution is -2.43. The van der Waals surface area contributed by atoms with Crippen molar-refractivity contribution in [2.24, 2.45) is 5.41 Å². The van der Waals surface area contributed by atoms with Gasteiger partial charge in [-0.1, -0.05) is 40.0 Å². The van der Waals surface area contributed by atoms with E-state index in [1.165, 1.54) is 25.7 Å². The van der Waals surface area contributed by atoms with Gasteiger partial charge >= 0.3 is 0 Å². The minimum atomic E-state index is 0.0569. The SMILES string of the molecule is CCCCCC(C)(C)CNC(=O)[C@H]1CCCN1. The van der Waals surface area contributed by atoms with Crippen LogP contribution in [0, 0.1) is 5.41 Å². The lowest BCUT2D eigenvalue weighted by Gasteiger charge is -2.25. The molecule has 0 aromatic heterocycles. The Morgan fingerprint density at radius 2 is 2.18 bits per heavy atom. The Balaban J connectivity index is 2.20. The van der Waals surface area contributed by atoms with Crippen molar-refractivity contribution in [1.82, 2.24) is 10.6 Å². The van der Waals surface area contributed by atoms with Crippen LogP contribution in [0.2, 0.25) is 0 Å². The number of hydrogen-bond acceptors (Lipinski definition) is 2. The van der Waals surface area contributed by atoms with Crippen LogP contribution in [0.4, 0.5) is 0 Å². The first-order valence-corrected chi connectivity index (χ1v) is 7.06. The van der Waals surface area contributed by atoms with Crippen molar-refractivity contribution in [3.05, 3.63) is 0 Å². The summed E-state index contributed by atoms with van der Waals surface area (Å²) < 4.78 is 0. The molecule has 100 valence electrons. The van der Waals surface area contributed by atoms with E-state index in [0.717, 1.165) is 25.9 Å². The third-order valence-corrected chi connectivity index (χ3v) is 3.58. The van der Waals surface area contributed by atoms with Crippen molar-refractivity contribution < 1.29 is 4.79 Å². The van der Waals surface area contributed by atoms with E-state index in [4.69, 9.17) is 0 Å². The highest BCUT2D eigenvalue weighted by Gasteiger charge is 2.24. The fourth-order valence-electron chi connectivity index (χ4n) is 2.30. The predicted octanol–water partition coefficient (Wildman–Crippen LogP) is 2.46. The summed E-state index contributed by atoms with van der Waals surface area (Å²) in [5, 5.41) is 6.32. The average molecular weight is 240 g/mol. The first-order valence-electron chi connectivity index (χ1n) is 7.06. The summed E-state index contributed by atoms with van der Waals surface area (Å²) in [4.78, 5) is 11.8. The summed E-state index contributed by atoms with van der Waals surface area (Å²) in [6.45, 7) is 8.49. The van der Waals surface area contributed by atoms with Crippen molar-refractivity contribution in [3.63, 3.8) is 0 Å². The molecule has 1 rings (SSSR count). The lowest BCUT2D eigenvalue weighted by atomic mass is 9.87. The van der Waals surface area contributed by atoms with Crippen LogP contribution in [0.25, 0.3) is 0 Å². The number of nitrogens with one attached hydrogen (secondary N) is 2. The number of amides is 1. The zero-order chi connectivity index (χ0) is 12.7. The van der Waals surface area contributed by atoms with Crippen LogP contribution in [0.5, 0.6) is 0 Å². The molecule has 1 aliphatic rings. The monoisotopic (exact) mass is 240 g/mol. The van der Waals surface area contributed by atoms with E-state index in [1.54, 1.807) is 0 Å². The van der Waals surface area contributed by atoms with Crippen molar-refractivity contribution in [2.75, 3.05) is 13.1 Å². The second-order valence-electron chi connectivity index (χ2n) is 5.99. The first-order chi connectivity index (χ1) is 8.05. The van der Waals surface area contributed by atoms with E-state index >= 15 is 0 Å². The van der Waals surface area contributed by atoms with Gasteiger partial charge in [0.25, 0.3) is 0 Å². The molecular weight excluding hydrogens is 212 g/mol. The van der Waals surface area contributed by atoms with Gasteiger partial charge in [-0.15, -0.1) is 0 Å². The molecule has 0 spiro atoms. The van der Waals surface area contributed by atoms with Gasteiger partial charge in [0.05, 0.1) is 6.04 Å². The molecule has 1 heterocycles. The highest BCUT2D eigenvalue weighted by atomic mass is 16.2. The number of rotatable bonds is 7. The van der Waals surface area contributed by atoms with Gasteiger partial charge in [0.15, 0.2) is 0 Å². The maximum atomic E-state index is 11.8. The van der Waals surface area contributed by atoms with Gasteiger partial charge in [0.2, 0.25) is 5.91 Å². The van der Waals surface area contributed by atoms with E-state index < -0.39 is 0 Å². The minimum Gasteiger partial charge on any atom is -0.354 e. The van der Waals surface area contributed by atoms with Gasteiger partial charge in [-0.2, -0.15) is 0 Å². The van der Waals surface area contributed by atoms with E-state index in [2.05, 4.69) is 31.4 Å². The van der Waals surface area contributed by atoms with E-state index in [9.17, 15) is 4.79 Å². The van der Waals surface area contributed by atoms with Crippen LogP contribution in [-0.2, 0) is 4.79 Å². The fourth-order valence-corrected chi connectivity index (χ4v) is 2.30.